The van der Waals surface area contributed by atoms with Crippen LogP contribution < -0.4 is 24.7 Å². The van der Waals surface area contributed by atoms with Gasteiger partial charge >= 0.3 is 0 Å². The predicted molar refractivity (Wildman–Crippen MR) is 269 cm³/mol. The molecule has 1 unspecified atom stereocenters. The van der Waals surface area contributed by atoms with E-state index in [1.165, 1.54) is 42.6 Å². The van der Waals surface area contributed by atoms with E-state index in [1.54, 1.807) is 36.5 Å². The minimum Gasteiger partial charge on any atom is -0.629 e. The first kappa shape index (κ1) is 49.9. The van der Waals surface area contributed by atoms with Crippen LogP contribution in [0.1, 0.15) is 98.3 Å². The number of hydrogen-bond donors (Lipinski definition) is 5. The molecular weight excluding hydrogens is 929 g/mol. The summed E-state index contributed by atoms with van der Waals surface area (Å²) in [6.45, 7) is 11.0. The highest BCUT2D eigenvalue weighted by molar-refractivity contribution is 7.90. The maximum atomic E-state index is 14.3. The molecule has 3 fully saturated rings. The first-order valence-electron chi connectivity index (χ1n) is 24.6. The van der Waals surface area contributed by atoms with E-state index in [9.17, 15) is 32.3 Å². The number of aliphatic hydroxyl groups is 1. The van der Waals surface area contributed by atoms with E-state index in [-0.39, 0.29) is 45.7 Å². The maximum Gasteiger partial charge on any atom is 0.268 e. The molecule has 18 heteroatoms. The van der Waals surface area contributed by atoms with Crippen molar-refractivity contribution in [3.63, 3.8) is 0 Å². The molecular formula is C53H63F2N9O6S. The predicted octanol–water partition coefficient (Wildman–Crippen LogP) is 7.80. The molecule has 5 N–H and O–H groups in total. The number of benzene rings is 3. The first-order chi connectivity index (χ1) is 34.0. The van der Waals surface area contributed by atoms with Gasteiger partial charge in [-0.3, -0.25) is 14.6 Å². The molecule has 1 amide bonds. The fraction of sp³-hybridized carbons (Fsp3) is 0.415. The fourth-order valence-electron chi connectivity index (χ4n) is 10.5. The van der Waals surface area contributed by atoms with Gasteiger partial charge in [-0.1, -0.05) is 44.2 Å². The van der Waals surface area contributed by atoms with Crippen LogP contribution in [0, 0.1) is 22.8 Å². The summed E-state index contributed by atoms with van der Waals surface area (Å²) in [5, 5.41) is 26.8. The molecule has 3 aromatic heterocycles. The Morgan fingerprint density at radius 1 is 0.958 bits per heavy atom. The van der Waals surface area contributed by atoms with Crippen LogP contribution in [0.2, 0.25) is 0 Å². The number of fused-ring (bicyclic) bond motifs is 1. The van der Waals surface area contributed by atoms with Crippen molar-refractivity contribution >= 4 is 44.2 Å². The lowest BCUT2D eigenvalue weighted by molar-refractivity contribution is -0.751. The van der Waals surface area contributed by atoms with Crippen LogP contribution in [0.4, 0.5) is 26.0 Å². The Hall–Kier alpha value is -6.02. The number of halogens is 2. The van der Waals surface area contributed by atoms with Gasteiger partial charge in [0.05, 0.1) is 30.6 Å². The highest BCUT2D eigenvalue weighted by atomic mass is 32.2. The van der Waals surface area contributed by atoms with Gasteiger partial charge in [0.25, 0.3) is 15.9 Å². The monoisotopic (exact) mass is 991 g/mol. The average Bonchev–Trinajstić information content (AvgIpc) is 3.83. The topological polar surface area (TPSA) is 184 Å². The van der Waals surface area contributed by atoms with Gasteiger partial charge in [0.1, 0.15) is 22.0 Å². The minimum atomic E-state index is -4.53. The van der Waals surface area contributed by atoms with Gasteiger partial charge in [0, 0.05) is 87.3 Å². The summed E-state index contributed by atoms with van der Waals surface area (Å²) in [5.74, 6) is -1.34. The van der Waals surface area contributed by atoms with Crippen molar-refractivity contribution < 1.29 is 36.9 Å². The van der Waals surface area contributed by atoms with Crippen LogP contribution in [0.3, 0.4) is 0 Å². The number of nitrogens with zero attached hydrogens (tertiary/aromatic N) is 5. The lowest BCUT2D eigenvalue weighted by atomic mass is 9.80. The summed E-state index contributed by atoms with van der Waals surface area (Å²) >= 11 is 0. The number of carbonyl (C=O) groups excluding carboxylic acids is 1. The number of aromatic nitrogens is 3. The zero-order chi connectivity index (χ0) is 50.0. The number of piperazine rings is 1. The fourth-order valence-corrected chi connectivity index (χ4v) is 11.4. The highest BCUT2D eigenvalue weighted by Crippen LogP contribution is 2.38. The Balaban J connectivity index is 0.928. The van der Waals surface area contributed by atoms with Gasteiger partial charge in [0.15, 0.2) is 23.1 Å². The molecule has 2 saturated heterocycles. The van der Waals surface area contributed by atoms with Crippen molar-refractivity contribution in [1.82, 2.24) is 29.5 Å². The van der Waals surface area contributed by atoms with Gasteiger partial charge in [0.2, 0.25) is 0 Å². The van der Waals surface area contributed by atoms with Crippen LogP contribution in [0.25, 0.3) is 11.0 Å². The van der Waals surface area contributed by atoms with E-state index in [2.05, 4.69) is 77.8 Å². The van der Waals surface area contributed by atoms with Crippen molar-refractivity contribution in [3.8, 4) is 11.5 Å². The number of nitrogens with one attached hydrogen (secondary N) is 4. The van der Waals surface area contributed by atoms with E-state index < -0.39 is 38.2 Å². The molecule has 6 aromatic rings. The molecule has 0 radical (unpaired) electrons. The van der Waals surface area contributed by atoms with Crippen LogP contribution >= 0.6 is 0 Å². The molecule has 9 rings (SSSR count). The number of amides is 1. The van der Waals surface area contributed by atoms with E-state index in [0.717, 1.165) is 68.2 Å². The molecule has 1 aliphatic carbocycles. The number of carbonyl (C=O) groups is 1. The molecule has 5 heterocycles. The first-order valence-corrected chi connectivity index (χ1v) is 26.0. The second kappa shape index (κ2) is 21.0. The third-order valence-corrected chi connectivity index (χ3v) is 15.8. The number of hydroxylamine groups is 1. The second-order valence-electron chi connectivity index (χ2n) is 20.0. The minimum absolute atomic E-state index is 0.0289. The molecule has 3 aromatic carbocycles. The molecule has 0 spiro atoms. The molecule has 376 valence electrons. The van der Waals surface area contributed by atoms with Crippen molar-refractivity contribution in [3.05, 3.63) is 137 Å². The van der Waals surface area contributed by atoms with Crippen molar-refractivity contribution in [2.45, 2.75) is 94.3 Å². The highest BCUT2D eigenvalue weighted by Gasteiger charge is 2.37. The Bertz CT molecular complexity index is 2970. The molecule has 3 aliphatic rings. The van der Waals surface area contributed by atoms with Crippen LogP contribution in [-0.2, 0) is 16.6 Å². The lowest BCUT2D eigenvalue weighted by Gasteiger charge is -2.48. The standard InChI is InChI=1S/C53H63F2N9O6S/c1-34(2)42-7-5-6-8-43(42)48-33-62(32-36-9-12-45(54)46(55)25-36)23-24-64(48)38-16-21-63(22-17-38)39-10-11-44(49(27-39)70-40-26-37-15-20-56-50(37)58-30-40)52(65)60-71(68,69)41-28-47(61(4)67)51(59-31-41)57-29-35-13-18-53(3,66)19-14-35/h5-12,15,20,25-28,30-31,34-35,38,48,61,66H,13-14,16-19,21-24,29,32-33H2,1-4H3,(H,56,58)(H,57,59)(H,60,65)/t35-,48-,53-/m0/s1. The number of aromatic amines is 1. The van der Waals surface area contributed by atoms with Crippen molar-refractivity contribution in [2.24, 2.45) is 5.92 Å². The number of H-pyrrole nitrogens is 1. The molecule has 1 saturated carbocycles. The third-order valence-electron chi connectivity index (χ3n) is 14.5. The van der Waals surface area contributed by atoms with Gasteiger partial charge < -0.3 is 35.3 Å². The number of sulfonamides is 1. The summed E-state index contributed by atoms with van der Waals surface area (Å²) in [4.78, 5) is 32.8. The number of pyridine rings is 2. The molecule has 71 heavy (non-hydrogen) atoms. The van der Waals surface area contributed by atoms with Gasteiger partial charge in [-0.25, -0.2) is 31.9 Å². The molecule has 0 bridgehead atoms. The van der Waals surface area contributed by atoms with E-state index in [0.29, 0.717) is 56.3 Å². The summed E-state index contributed by atoms with van der Waals surface area (Å²) in [7, 11) is -3.20. The SMILES string of the molecule is CC(C)c1ccccc1[C@@H]1CN(Cc2ccc(F)c(F)c2)CCN1C1CCN(c2ccc(C(=O)NS(=O)(=O)c3cnc(NC[C@H]4CC[C@](C)(O)CC4)c([NH+](C)[O-])c3)c(Oc3cnc4[nH]ccc4c3)c2)CC1. The Kier molecular flexibility index (Phi) is 14.8. The maximum absolute atomic E-state index is 14.3. The van der Waals surface area contributed by atoms with E-state index in [4.69, 9.17) is 4.74 Å². The summed E-state index contributed by atoms with van der Waals surface area (Å²) in [5.41, 5.74) is 4.10. The quantitative estimate of drug-likeness (QED) is 0.0631. The number of hydrogen-bond acceptors (Lipinski definition) is 12. The number of ether oxygens (including phenoxy) is 1. The van der Waals surface area contributed by atoms with Crippen LogP contribution in [0.15, 0.2) is 102 Å². The number of rotatable bonds is 15. The molecule has 2 aliphatic heterocycles. The van der Waals surface area contributed by atoms with Crippen LogP contribution in [-0.4, -0.2) is 102 Å². The lowest BCUT2D eigenvalue weighted by Crippen LogP contribution is -2.98. The zero-order valence-corrected chi connectivity index (χ0v) is 41.4. The molecule has 15 nitrogen and oxygen atoms in total. The van der Waals surface area contributed by atoms with Gasteiger partial charge in [-0.05, 0) is 110 Å². The van der Waals surface area contributed by atoms with E-state index >= 15 is 0 Å². The second-order valence-corrected chi connectivity index (χ2v) is 21.7. The van der Waals surface area contributed by atoms with Crippen LogP contribution in [0.5, 0.6) is 11.5 Å². The smallest absolute Gasteiger partial charge is 0.268 e. The Labute approximate surface area is 413 Å². The average molecular weight is 992 g/mol. The molecule has 2 atom stereocenters. The van der Waals surface area contributed by atoms with Crippen molar-refractivity contribution in [1.29, 1.82) is 0 Å². The Morgan fingerprint density at radius 3 is 2.48 bits per heavy atom. The summed E-state index contributed by atoms with van der Waals surface area (Å²) in [6, 6.07) is 23.0. The Morgan fingerprint density at radius 2 is 1.73 bits per heavy atom. The normalized spacial score (nSPS) is 21.1. The number of anilines is 2. The van der Waals surface area contributed by atoms with Gasteiger partial charge in [-0.15, -0.1) is 0 Å². The zero-order valence-electron chi connectivity index (χ0n) is 40.6. The summed E-state index contributed by atoms with van der Waals surface area (Å²) in [6.07, 6.45) is 9.05. The summed E-state index contributed by atoms with van der Waals surface area (Å²) < 4.78 is 64.5. The van der Waals surface area contributed by atoms with Crippen molar-refractivity contribution in [2.75, 3.05) is 56.5 Å². The number of piperidine rings is 1. The third kappa shape index (κ3) is 11.5. The van der Waals surface area contributed by atoms with Gasteiger partial charge in [-0.2, -0.15) is 0 Å². The largest absolute Gasteiger partial charge is 0.629 e. The number of quaternary nitrogens is 1. The van der Waals surface area contributed by atoms with E-state index in [1.807, 2.05) is 13.0 Å².